The lowest BCUT2D eigenvalue weighted by atomic mass is 10.2. The highest BCUT2D eigenvalue weighted by Crippen LogP contribution is 2.24. The van der Waals surface area contributed by atoms with Gasteiger partial charge in [0.05, 0.1) is 0 Å². The molecule has 2 rings (SSSR count). The van der Waals surface area contributed by atoms with Gasteiger partial charge in [0, 0.05) is 28.9 Å². The van der Waals surface area contributed by atoms with Crippen molar-refractivity contribution in [2.24, 2.45) is 0 Å². The molecule has 1 saturated heterocycles. The topological polar surface area (TPSA) is 15.3 Å². The molecular formula is C14H24N2S. The Bertz CT molecular complexity index is 351. The normalized spacial score (nSPS) is 17.2. The monoisotopic (exact) mass is 252 g/mol. The maximum absolute atomic E-state index is 3.49. The quantitative estimate of drug-likeness (QED) is 0.866. The number of thiophene rings is 1. The molecule has 2 heterocycles. The van der Waals surface area contributed by atoms with Crippen LogP contribution in [0.25, 0.3) is 0 Å². The molecule has 0 spiro atoms. The summed E-state index contributed by atoms with van der Waals surface area (Å²) in [4.78, 5) is 5.55. The SMILES string of the molecule is Cc1sc(CNC(C)C)cc1CN1CCCC1. The van der Waals surface area contributed by atoms with E-state index in [1.807, 2.05) is 11.3 Å². The smallest absolute Gasteiger partial charge is 0.0302 e. The van der Waals surface area contributed by atoms with Gasteiger partial charge in [-0.25, -0.2) is 0 Å². The summed E-state index contributed by atoms with van der Waals surface area (Å²) >= 11 is 1.95. The molecule has 1 aliphatic heterocycles. The summed E-state index contributed by atoms with van der Waals surface area (Å²) in [5.74, 6) is 0. The zero-order valence-electron chi connectivity index (χ0n) is 11.3. The van der Waals surface area contributed by atoms with Gasteiger partial charge >= 0.3 is 0 Å². The number of hydrogen-bond donors (Lipinski definition) is 1. The summed E-state index contributed by atoms with van der Waals surface area (Å²) in [5.41, 5.74) is 1.54. The number of hydrogen-bond acceptors (Lipinski definition) is 3. The van der Waals surface area contributed by atoms with Crippen LogP contribution in [0.15, 0.2) is 6.07 Å². The molecule has 0 bridgehead atoms. The van der Waals surface area contributed by atoms with Gasteiger partial charge in [0.1, 0.15) is 0 Å². The maximum Gasteiger partial charge on any atom is 0.0302 e. The first-order valence-electron chi connectivity index (χ1n) is 6.69. The van der Waals surface area contributed by atoms with E-state index in [0.717, 1.165) is 13.1 Å². The van der Waals surface area contributed by atoms with E-state index in [0.29, 0.717) is 6.04 Å². The number of likely N-dealkylation sites (tertiary alicyclic amines) is 1. The van der Waals surface area contributed by atoms with E-state index >= 15 is 0 Å². The molecule has 1 aromatic heterocycles. The van der Waals surface area contributed by atoms with E-state index < -0.39 is 0 Å². The predicted octanol–water partition coefficient (Wildman–Crippen LogP) is 3.15. The third kappa shape index (κ3) is 3.80. The molecule has 96 valence electrons. The Balaban J connectivity index is 1.92. The second-order valence-electron chi connectivity index (χ2n) is 5.31. The summed E-state index contributed by atoms with van der Waals surface area (Å²) in [6.45, 7) is 11.4. The van der Waals surface area contributed by atoms with Crippen LogP contribution < -0.4 is 5.32 Å². The van der Waals surface area contributed by atoms with Gasteiger partial charge in [-0.05, 0) is 44.5 Å². The number of rotatable bonds is 5. The van der Waals surface area contributed by atoms with Gasteiger partial charge < -0.3 is 5.32 Å². The number of nitrogens with one attached hydrogen (secondary N) is 1. The first-order valence-corrected chi connectivity index (χ1v) is 7.50. The van der Waals surface area contributed by atoms with Crippen LogP contribution in [0.5, 0.6) is 0 Å². The molecule has 0 aromatic carbocycles. The van der Waals surface area contributed by atoms with Gasteiger partial charge in [-0.15, -0.1) is 11.3 Å². The Hall–Kier alpha value is -0.380. The fraction of sp³-hybridized carbons (Fsp3) is 0.714. The maximum atomic E-state index is 3.49. The highest BCUT2D eigenvalue weighted by molar-refractivity contribution is 7.12. The minimum absolute atomic E-state index is 0.569. The lowest BCUT2D eigenvalue weighted by molar-refractivity contribution is 0.331. The molecule has 0 radical (unpaired) electrons. The van der Waals surface area contributed by atoms with Crippen molar-refractivity contribution in [1.82, 2.24) is 10.2 Å². The third-order valence-electron chi connectivity index (χ3n) is 3.35. The van der Waals surface area contributed by atoms with Crippen molar-refractivity contribution in [2.45, 2.75) is 52.7 Å². The van der Waals surface area contributed by atoms with Gasteiger partial charge in [-0.1, -0.05) is 13.8 Å². The molecule has 1 fully saturated rings. The van der Waals surface area contributed by atoms with E-state index in [1.54, 1.807) is 0 Å². The second-order valence-corrected chi connectivity index (χ2v) is 6.65. The Morgan fingerprint density at radius 2 is 2.06 bits per heavy atom. The van der Waals surface area contributed by atoms with Crippen LogP contribution in [-0.4, -0.2) is 24.0 Å². The van der Waals surface area contributed by atoms with E-state index in [1.165, 1.54) is 41.2 Å². The lowest BCUT2D eigenvalue weighted by Gasteiger charge is -2.13. The van der Waals surface area contributed by atoms with Crippen molar-refractivity contribution in [2.75, 3.05) is 13.1 Å². The Morgan fingerprint density at radius 3 is 2.71 bits per heavy atom. The number of aryl methyl sites for hydroxylation is 1. The summed E-state index contributed by atoms with van der Waals surface area (Å²) in [7, 11) is 0. The van der Waals surface area contributed by atoms with E-state index in [2.05, 4.69) is 37.1 Å². The zero-order chi connectivity index (χ0) is 12.3. The van der Waals surface area contributed by atoms with E-state index in [9.17, 15) is 0 Å². The van der Waals surface area contributed by atoms with Gasteiger partial charge in [0.25, 0.3) is 0 Å². The van der Waals surface area contributed by atoms with Crippen molar-refractivity contribution < 1.29 is 0 Å². The molecule has 1 aliphatic rings. The van der Waals surface area contributed by atoms with Crippen molar-refractivity contribution in [3.05, 3.63) is 21.4 Å². The summed E-state index contributed by atoms with van der Waals surface area (Å²) in [6.07, 6.45) is 2.76. The van der Waals surface area contributed by atoms with Crippen molar-refractivity contribution >= 4 is 11.3 Å². The van der Waals surface area contributed by atoms with Crippen LogP contribution in [0.1, 0.15) is 42.0 Å². The van der Waals surface area contributed by atoms with Crippen LogP contribution in [0.4, 0.5) is 0 Å². The molecule has 0 aliphatic carbocycles. The largest absolute Gasteiger partial charge is 0.310 e. The Labute approximate surface area is 109 Å². The fourth-order valence-corrected chi connectivity index (χ4v) is 3.32. The lowest BCUT2D eigenvalue weighted by Crippen LogP contribution is -2.21. The molecule has 0 amide bonds. The second kappa shape index (κ2) is 5.98. The standard InChI is InChI=1S/C14H24N2S/c1-11(2)15-9-14-8-13(12(3)17-14)10-16-6-4-5-7-16/h8,11,15H,4-7,9-10H2,1-3H3. The average molecular weight is 252 g/mol. The average Bonchev–Trinajstić information content (AvgIpc) is 2.87. The molecule has 0 saturated carbocycles. The van der Waals surface area contributed by atoms with Crippen molar-refractivity contribution in [1.29, 1.82) is 0 Å². The minimum Gasteiger partial charge on any atom is -0.310 e. The molecule has 3 heteroatoms. The van der Waals surface area contributed by atoms with Crippen LogP contribution in [0.2, 0.25) is 0 Å². The molecule has 0 atom stereocenters. The fourth-order valence-electron chi connectivity index (χ4n) is 2.32. The third-order valence-corrected chi connectivity index (χ3v) is 4.44. The first-order chi connectivity index (χ1) is 8.15. The van der Waals surface area contributed by atoms with E-state index in [-0.39, 0.29) is 0 Å². The van der Waals surface area contributed by atoms with Crippen LogP contribution in [0, 0.1) is 6.92 Å². The minimum atomic E-state index is 0.569. The van der Waals surface area contributed by atoms with Gasteiger partial charge in [-0.3, -0.25) is 4.90 Å². The summed E-state index contributed by atoms with van der Waals surface area (Å²) < 4.78 is 0. The Kier molecular flexibility index (Phi) is 4.60. The molecular weight excluding hydrogens is 228 g/mol. The van der Waals surface area contributed by atoms with Crippen LogP contribution in [-0.2, 0) is 13.1 Å². The highest BCUT2D eigenvalue weighted by Gasteiger charge is 2.14. The van der Waals surface area contributed by atoms with E-state index in [4.69, 9.17) is 0 Å². The van der Waals surface area contributed by atoms with Gasteiger partial charge in [0.15, 0.2) is 0 Å². The van der Waals surface area contributed by atoms with Gasteiger partial charge in [-0.2, -0.15) is 0 Å². The molecule has 0 unspecified atom stereocenters. The number of nitrogens with zero attached hydrogens (tertiary/aromatic N) is 1. The molecule has 2 nitrogen and oxygen atoms in total. The summed E-state index contributed by atoms with van der Waals surface area (Å²) in [5, 5.41) is 3.49. The zero-order valence-corrected chi connectivity index (χ0v) is 12.1. The molecule has 1 aromatic rings. The van der Waals surface area contributed by atoms with Crippen molar-refractivity contribution in [3.63, 3.8) is 0 Å². The molecule has 17 heavy (non-hydrogen) atoms. The first kappa shape index (κ1) is 13.1. The van der Waals surface area contributed by atoms with Gasteiger partial charge in [0.2, 0.25) is 0 Å². The van der Waals surface area contributed by atoms with Crippen molar-refractivity contribution in [3.8, 4) is 0 Å². The predicted molar refractivity (Wildman–Crippen MR) is 75.5 cm³/mol. The van der Waals surface area contributed by atoms with Crippen LogP contribution >= 0.6 is 11.3 Å². The highest BCUT2D eigenvalue weighted by atomic mass is 32.1. The molecule has 1 N–H and O–H groups in total. The van der Waals surface area contributed by atoms with Crippen LogP contribution in [0.3, 0.4) is 0 Å². The Morgan fingerprint density at radius 1 is 1.35 bits per heavy atom. The summed E-state index contributed by atoms with van der Waals surface area (Å²) in [6, 6.07) is 2.97.